The first-order valence-electron chi connectivity index (χ1n) is 5.55. The molecule has 98 valence electrons. The number of para-hydroxylation sites is 1. The highest BCUT2D eigenvalue weighted by Gasteiger charge is 2.27. The van der Waals surface area contributed by atoms with Crippen molar-refractivity contribution in [2.45, 2.75) is 13.0 Å². The normalized spacial score (nSPS) is 11.7. The zero-order chi connectivity index (χ0) is 13.5. The van der Waals surface area contributed by atoms with Crippen LogP contribution in [0.15, 0.2) is 30.3 Å². The molecule has 5 heteroatoms. The Morgan fingerprint density at radius 3 is 2.33 bits per heavy atom. The molecule has 0 aliphatic rings. The largest absolute Gasteiger partial charge is 0.467 e. The van der Waals surface area contributed by atoms with Crippen LogP contribution in [0, 0.1) is 0 Å². The molecule has 1 atom stereocenters. The lowest BCUT2D eigenvalue weighted by Crippen LogP contribution is -2.45. The molecular weight excluding hydrogens is 234 g/mol. The zero-order valence-electron chi connectivity index (χ0n) is 10.8. The standard InChI is InChI=1S/C13H17NO4/c1-10(13(16)18-3)14(12(15)9-17-2)11-7-5-4-6-8-11/h4-8,10H,9H2,1-3H3/t10-/m1/s1. The van der Waals surface area contributed by atoms with Gasteiger partial charge in [0.2, 0.25) is 0 Å². The Bertz CT molecular complexity index is 405. The van der Waals surface area contributed by atoms with Gasteiger partial charge in [-0.1, -0.05) is 18.2 Å². The third kappa shape index (κ3) is 3.30. The maximum atomic E-state index is 12.0. The fraction of sp³-hybridized carbons (Fsp3) is 0.385. The molecule has 0 aliphatic carbocycles. The highest BCUT2D eigenvalue weighted by molar-refractivity contribution is 5.99. The summed E-state index contributed by atoms with van der Waals surface area (Å²) in [5.74, 6) is -0.759. The summed E-state index contributed by atoms with van der Waals surface area (Å²) in [7, 11) is 2.73. The third-order valence-corrected chi connectivity index (χ3v) is 2.50. The number of esters is 1. The minimum atomic E-state index is -0.694. The van der Waals surface area contributed by atoms with Gasteiger partial charge in [-0.05, 0) is 19.1 Å². The van der Waals surface area contributed by atoms with Crippen LogP contribution in [-0.4, -0.2) is 38.7 Å². The fourth-order valence-corrected chi connectivity index (χ4v) is 1.64. The Hall–Kier alpha value is -1.88. The molecule has 0 radical (unpaired) electrons. The maximum Gasteiger partial charge on any atom is 0.328 e. The summed E-state index contributed by atoms with van der Waals surface area (Å²) in [6.07, 6.45) is 0. The zero-order valence-corrected chi connectivity index (χ0v) is 10.8. The van der Waals surface area contributed by atoms with Crippen LogP contribution in [0.5, 0.6) is 0 Å². The van der Waals surface area contributed by atoms with Gasteiger partial charge in [-0.25, -0.2) is 4.79 Å². The lowest BCUT2D eigenvalue weighted by atomic mass is 10.2. The van der Waals surface area contributed by atoms with Crippen LogP contribution >= 0.6 is 0 Å². The highest BCUT2D eigenvalue weighted by atomic mass is 16.5. The Labute approximate surface area is 106 Å². The van der Waals surface area contributed by atoms with Crippen molar-refractivity contribution in [3.05, 3.63) is 30.3 Å². The van der Waals surface area contributed by atoms with Gasteiger partial charge in [0.15, 0.2) is 0 Å². The highest BCUT2D eigenvalue weighted by Crippen LogP contribution is 2.17. The second-order valence-corrected chi connectivity index (χ2v) is 3.73. The van der Waals surface area contributed by atoms with E-state index < -0.39 is 12.0 Å². The van der Waals surface area contributed by atoms with E-state index in [9.17, 15) is 9.59 Å². The number of rotatable bonds is 5. The first-order valence-corrected chi connectivity index (χ1v) is 5.55. The van der Waals surface area contributed by atoms with E-state index in [1.165, 1.54) is 19.1 Å². The lowest BCUT2D eigenvalue weighted by Gasteiger charge is -2.27. The molecule has 5 nitrogen and oxygen atoms in total. The van der Waals surface area contributed by atoms with Gasteiger partial charge in [0.25, 0.3) is 5.91 Å². The van der Waals surface area contributed by atoms with Crippen molar-refractivity contribution in [3.63, 3.8) is 0 Å². The van der Waals surface area contributed by atoms with Gasteiger partial charge >= 0.3 is 5.97 Å². The smallest absolute Gasteiger partial charge is 0.328 e. The van der Waals surface area contributed by atoms with Crippen molar-refractivity contribution in [2.24, 2.45) is 0 Å². The molecule has 1 amide bonds. The van der Waals surface area contributed by atoms with Crippen LogP contribution < -0.4 is 4.90 Å². The average molecular weight is 251 g/mol. The van der Waals surface area contributed by atoms with Crippen LogP contribution in [0.2, 0.25) is 0 Å². The molecule has 18 heavy (non-hydrogen) atoms. The molecule has 0 saturated heterocycles. The molecular formula is C13H17NO4. The first kappa shape index (κ1) is 14.2. The predicted molar refractivity (Wildman–Crippen MR) is 67.3 cm³/mol. The molecule has 0 bridgehead atoms. The Morgan fingerprint density at radius 2 is 1.83 bits per heavy atom. The molecule has 1 aromatic rings. The Morgan fingerprint density at radius 1 is 1.22 bits per heavy atom. The van der Waals surface area contributed by atoms with Gasteiger partial charge in [-0.15, -0.1) is 0 Å². The maximum absolute atomic E-state index is 12.0. The number of carbonyl (C=O) groups is 2. The molecule has 0 saturated carbocycles. The van der Waals surface area contributed by atoms with E-state index in [2.05, 4.69) is 4.74 Å². The topological polar surface area (TPSA) is 55.8 Å². The monoisotopic (exact) mass is 251 g/mol. The summed E-state index contributed by atoms with van der Waals surface area (Å²) in [4.78, 5) is 24.9. The SMILES string of the molecule is COCC(=O)N(c1ccccc1)[C@H](C)C(=O)OC. The summed E-state index contributed by atoms with van der Waals surface area (Å²) in [6.45, 7) is 1.53. The van der Waals surface area contributed by atoms with Gasteiger partial charge in [0.05, 0.1) is 7.11 Å². The van der Waals surface area contributed by atoms with Gasteiger partial charge in [0, 0.05) is 12.8 Å². The van der Waals surface area contributed by atoms with E-state index in [1.807, 2.05) is 6.07 Å². The van der Waals surface area contributed by atoms with E-state index >= 15 is 0 Å². The second-order valence-electron chi connectivity index (χ2n) is 3.73. The minimum absolute atomic E-state index is 0.0871. The quantitative estimate of drug-likeness (QED) is 0.738. The number of methoxy groups -OCH3 is 2. The summed E-state index contributed by atoms with van der Waals surface area (Å²) in [6, 6.07) is 8.25. The summed E-state index contributed by atoms with van der Waals surface area (Å²) in [5.41, 5.74) is 0.637. The molecule has 0 fully saturated rings. The lowest BCUT2D eigenvalue weighted by molar-refractivity contribution is -0.143. The van der Waals surface area contributed by atoms with Gasteiger partial charge < -0.3 is 9.47 Å². The summed E-state index contributed by atoms with van der Waals surface area (Å²) in [5, 5.41) is 0. The number of hydrogen-bond acceptors (Lipinski definition) is 4. The van der Waals surface area contributed by atoms with Gasteiger partial charge in [0.1, 0.15) is 12.6 Å². The van der Waals surface area contributed by atoms with E-state index in [0.29, 0.717) is 5.69 Å². The van der Waals surface area contributed by atoms with Gasteiger partial charge in [-0.2, -0.15) is 0 Å². The van der Waals surface area contributed by atoms with E-state index in [4.69, 9.17) is 4.74 Å². The van der Waals surface area contributed by atoms with E-state index in [1.54, 1.807) is 31.2 Å². The number of carbonyl (C=O) groups excluding carboxylic acids is 2. The van der Waals surface area contributed by atoms with Crippen molar-refractivity contribution in [2.75, 3.05) is 25.7 Å². The molecule has 0 N–H and O–H groups in total. The Kier molecular flexibility index (Phi) is 5.32. The number of anilines is 1. The van der Waals surface area contributed by atoms with Crippen molar-refractivity contribution < 1.29 is 19.1 Å². The van der Waals surface area contributed by atoms with Crippen LogP contribution in [0.25, 0.3) is 0 Å². The first-order chi connectivity index (χ1) is 8.61. The number of amides is 1. The van der Waals surface area contributed by atoms with E-state index in [0.717, 1.165) is 0 Å². The van der Waals surface area contributed by atoms with E-state index in [-0.39, 0.29) is 12.5 Å². The Balaban J connectivity index is 3.03. The summed E-state index contributed by atoms with van der Waals surface area (Å²) >= 11 is 0. The molecule has 0 aliphatic heterocycles. The number of hydrogen-bond donors (Lipinski definition) is 0. The fourth-order valence-electron chi connectivity index (χ4n) is 1.64. The second kappa shape index (κ2) is 6.76. The predicted octanol–water partition coefficient (Wildman–Crippen LogP) is 1.23. The van der Waals surface area contributed by atoms with Crippen LogP contribution in [0.1, 0.15) is 6.92 Å². The number of ether oxygens (including phenoxy) is 2. The minimum Gasteiger partial charge on any atom is -0.467 e. The van der Waals surface area contributed by atoms with Crippen molar-refractivity contribution in [1.82, 2.24) is 0 Å². The van der Waals surface area contributed by atoms with Crippen LogP contribution in [-0.2, 0) is 19.1 Å². The van der Waals surface area contributed by atoms with Crippen LogP contribution in [0.3, 0.4) is 0 Å². The molecule has 0 heterocycles. The van der Waals surface area contributed by atoms with Crippen molar-refractivity contribution in [1.29, 1.82) is 0 Å². The molecule has 0 unspecified atom stereocenters. The molecule has 1 rings (SSSR count). The third-order valence-electron chi connectivity index (χ3n) is 2.50. The number of benzene rings is 1. The molecule has 0 aromatic heterocycles. The van der Waals surface area contributed by atoms with Crippen molar-refractivity contribution in [3.8, 4) is 0 Å². The van der Waals surface area contributed by atoms with Crippen LogP contribution in [0.4, 0.5) is 5.69 Å². The molecule has 0 spiro atoms. The van der Waals surface area contributed by atoms with Gasteiger partial charge in [-0.3, -0.25) is 9.69 Å². The van der Waals surface area contributed by atoms with Crippen molar-refractivity contribution >= 4 is 17.6 Å². The molecule has 1 aromatic carbocycles. The summed E-state index contributed by atoms with van der Waals surface area (Å²) < 4.78 is 9.50. The number of nitrogens with zero attached hydrogens (tertiary/aromatic N) is 1. The average Bonchev–Trinajstić information content (AvgIpc) is 2.39.